The highest BCUT2D eigenvalue weighted by molar-refractivity contribution is 5.97. The van der Waals surface area contributed by atoms with Crippen LogP contribution in [0, 0.1) is 0 Å². The van der Waals surface area contributed by atoms with E-state index in [1.807, 2.05) is 24.9 Å². The lowest BCUT2D eigenvalue weighted by Crippen LogP contribution is -2.33. The van der Waals surface area contributed by atoms with Crippen molar-refractivity contribution in [1.82, 2.24) is 10.2 Å². The Labute approximate surface area is 112 Å². The van der Waals surface area contributed by atoms with Gasteiger partial charge < -0.3 is 20.9 Å². The van der Waals surface area contributed by atoms with E-state index in [4.69, 9.17) is 11.7 Å². The number of nitrogens with one attached hydrogen (secondary N) is 1. The van der Waals surface area contributed by atoms with Gasteiger partial charge in [-0.3, -0.25) is 4.99 Å². The molecule has 0 saturated carbocycles. The van der Waals surface area contributed by atoms with E-state index in [9.17, 15) is 0 Å². The average molecular weight is 264 g/mol. The zero-order valence-corrected chi connectivity index (χ0v) is 11.2. The van der Waals surface area contributed by atoms with Gasteiger partial charge in [-0.25, -0.2) is 0 Å². The maximum atomic E-state index is 5.23. The van der Waals surface area contributed by atoms with Gasteiger partial charge in [0.15, 0.2) is 0 Å². The molecule has 0 fully saturated rings. The second-order valence-electron chi connectivity index (χ2n) is 4.10. The Morgan fingerprint density at radius 2 is 2.47 bits per heavy atom. The van der Waals surface area contributed by atoms with E-state index in [-0.39, 0.29) is 6.04 Å². The van der Waals surface area contributed by atoms with Gasteiger partial charge in [-0.15, -0.1) is 0 Å². The van der Waals surface area contributed by atoms with Crippen molar-refractivity contribution in [2.75, 3.05) is 13.6 Å². The van der Waals surface area contributed by atoms with Gasteiger partial charge in [-0.2, -0.15) is 11.0 Å². The van der Waals surface area contributed by atoms with Gasteiger partial charge in [0, 0.05) is 13.6 Å². The lowest BCUT2D eigenvalue weighted by atomic mass is 10.2. The predicted molar refractivity (Wildman–Crippen MR) is 77.0 cm³/mol. The van der Waals surface area contributed by atoms with E-state index >= 15 is 0 Å². The number of rotatable bonds is 6. The van der Waals surface area contributed by atoms with Crippen molar-refractivity contribution in [1.29, 1.82) is 0 Å². The molecule has 0 aromatic carbocycles. The first-order valence-corrected chi connectivity index (χ1v) is 5.74. The van der Waals surface area contributed by atoms with Gasteiger partial charge in [0.05, 0.1) is 18.1 Å². The fraction of sp³-hybridized carbons (Fsp3) is 0.333. The summed E-state index contributed by atoms with van der Waals surface area (Å²) in [4.78, 5) is 10.6. The van der Waals surface area contributed by atoms with Crippen LogP contribution in [0.2, 0.25) is 0 Å². The van der Waals surface area contributed by atoms with Crippen molar-refractivity contribution in [2.45, 2.75) is 13.0 Å². The van der Waals surface area contributed by atoms with Gasteiger partial charge >= 0.3 is 0 Å². The second kappa shape index (κ2) is 7.22. The molecule has 0 aromatic rings. The highest BCUT2D eigenvalue weighted by atomic mass is 16.6. The van der Waals surface area contributed by atoms with E-state index < -0.39 is 0 Å². The lowest BCUT2D eigenvalue weighted by Gasteiger charge is -2.26. The minimum atomic E-state index is -0.111. The highest BCUT2D eigenvalue weighted by Gasteiger charge is 2.12. The molecule has 0 aromatic heterocycles. The van der Waals surface area contributed by atoms with Crippen molar-refractivity contribution < 1.29 is 4.84 Å². The Morgan fingerprint density at radius 3 is 3.11 bits per heavy atom. The SMILES string of the molecule is C=C(CN(C)C1=CC(/C=C/ON)N=CN1)/C(C)=N\N. The fourth-order valence-electron chi connectivity index (χ4n) is 1.49. The predicted octanol–water partition coefficient (Wildman–Crippen LogP) is 0.0545. The first-order chi connectivity index (χ1) is 9.08. The molecule has 0 bridgehead atoms. The Kier molecular flexibility index (Phi) is 5.62. The summed E-state index contributed by atoms with van der Waals surface area (Å²) < 4.78 is 0. The molecule has 1 unspecified atom stereocenters. The summed E-state index contributed by atoms with van der Waals surface area (Å²) in [7, 11) is 1.94. The lowest BCUT2D eigenvalue weighted by molar-refractivity contribution is 0.260. The Balaban J connectivity index is 2.66. The molecular weight excluding hydrogens is 244 g/mol. The van der Waals surface area contributed by atoms with Crippen LogP contribution in [0.15, 0.2) is 46.5 Å². The van der Waals surface area contributed by atoms with Crippen LogP contribution in [0.1, 0.15) is 6.92 Å². The van der Waals surface area contributed by atoms with Crippen molar-refractivity contribution in [2.24, 2.45) is 21.8 Å². The summed E-state index contributed by atoms with van der Waals surface area (Å²) >= 11 is 0. The maximum absolute atomic E-state index is 5.23. The molecule has 1 aliphatic heterocycles. The van der Waals surface area contributed by atoms with Gasteiger partial charge in [-0.05, 0) is 24.6 Å². The van der Waals surface area contributed by atoms with Gasteiger partial charge in [0.1, 0.15) is 12.1 Å². The largest absolute Gasteiger partial charge is 0.420 e. The number of hydrazone groups is 1. The summed E-state index contributed by atoms with van der Waals surface area (Å²) in [5, 5.41) is 6.69. The minimum Gasteiger partial charge on any atom is -0.420 e. The normalized spacial score (nSPS) is 19.0. The molecule has 1 rings (SSSR count). The van der Waals surface area contributed by atoms with Gasteiger partial charge in [0.2, 0.25) is 0 Å². The van der Waals surface area contributed by atoms with Crippen molar-refractivity contribution >= 4 is 12.1 Å². The van der Waals surface area contributed by atoms with Crippen LogP contribution in [-0.4, -0.2) is 36.6 Å². The molecule has 5 N–H and O–H groups in total. The van der Waals surface area contributed by atoms with Gasteiger partial charge in [-0.1, -0.05) is 6.58 Å². The van der Waals surface area contributed by atoms with Crippen molar-refractivity contribution in [3.63, 3.8) is 0 Å². The van der Waals surface area contributed by atoms with E-state index in [1.165, 1.54) is 6.26 Å². The third-order valence-corrected chi connectivity index (χ3v) is 2.69. The van der Waals surface area contributed by atoms with Crippen LogP contribution in [0.3, 0.4) is 0 Å². The molecular formula is C12H20N6O. The molecule has 19 heavy (non-hydrogen) atoms. The van der Waals surface area contributed by atoms with Crippen LogP contribution in [0.25, 0.3) is 0 Å². The standard InChI is InChI=1S/C12H20N6O/c1-9(10(2)17-13)7-18(3)12-6-11(4-5-19-14)15-8-16-12/h4-6,8,11H,1,7,13-14H2,2-3H3,(H,15,16)/b5-4+,17-10-. The van der Waals surface area contributed by atoms with E-state index in [2.05, 4.69) is 26.8 Å². The summed E-state index contributed by atoms with van der Waals surface area (Å²) in [5.41, 5.74) is 1.58. The molecule has 1 heterocycles. The Bertz CT molecular complexity index is 438. The number of hydrogen-bond donors (Lipinski definition) is 3. The smallest absolute Gasteiger partial charge is 0.109 e. The van der Waals surface area contributed by atoms with E-state index in [0.29, 0.717) is 6.54 Å². The van der Waals surface area contributed by atoms with E-state index in [1.54, 1.807) is 12.4 Å². The number of aliphatic imine (C=N–C) groups is 1. The molecule has 7 nitrogen and oxygen atoms in total. The van der Waals surface area contributed by atoms with Crippen molar-refractivity contribution in [3.8, 4) is 0 Å². The molecule has 104 valence electrons. The Hall–Kier alpha value is -2.28. The number of likely N-dealkylation sites (N-methyl/N-ethyl adjacent to an activating group) is 1. The summed E-state index contributed by atoms with van der Waals surface area (Å²) in [6, 6.07) is -0.111. The van der Waals surface area contributed by atoms with Crippen LogP contribution in [0.5, 0.6) is 0 Å². The molecule has 0 amide bonds. The zero-order chi connectivity index (χ0) is 14.3. The molecule has 1 aliphatic rings. The molecule has 0 aliphatic carbocycles. The zero-order valence-electron chi connectivity index (χ0n) is 11.2. The summed E-state index contributed by atoms with van der Waals surface area (Å²) in [6.45, 7) is 6.38. The Morgan fingerprint density at radius 1 is 1.74 bits per heavy atom. The maximum Gasteiger partial charge on any atom is 0.109 e. The number of nitrogens with zero attached hydrogens (tertiary/aromatic N) is 3. The number of nitrogens with two attached hydrogens (primary N) is 2. The summed E-state index contributed by atoms with van der Waals surface area (Å²) in [6.07, 6.45) is 6.71. The second-order valence-corrected chi connectivity index (χ2v) is 4.10. The monoisotopic (exact) mass is 264 g/mol. The van der Waals surface area contributed by atoms with Crippen LogP contribution < -0.4 is 17.1 Å². The molecule has 0 radical (unpaired) electrons. The first kappa shape index (κ1) is 14.8. The molecule has 7 heteroatoms. The van der Waals surface area contributed by atoms with Crippen LogP contribution in [0.4, 0.5) is 0 Å². The van der Waals surface area contributed by atoms with Crippen molar-refractivity contribution in [3.05, 3.63) is 36.4 Å². The summed E-state index contributed by atoms with van der Waals surface area (Å²) in [5.74, 6) is 11.1. The van der Waals surface area contributed by atoms with E-state index in [0.717, 1.165) is 17.1 Å². The topological polar surface area (TPSA) is 101 Å². The quantitative estimate of drug-likeness (QED) is 0.272. The van der Waals surface area contributed by atoms with Gasteiger partial charge in [0.25, 0.3) is 0 Å². The average Bonchev–Trinajstić information content (AvgIpc) is 2.44. The van der Waals surface area contributed by atoms with Crippen LogP contribution in [-0.2, 0) is 4.84 Å². The third kappa shape index (κ3) is 4.47. The van der Waals surface area contributed by atoms with Crippen LogP contribution >= 0.6 is 0 Å². The molecule has 0 spiro atoms. The third-order valence-electron chi connectivity index (χ3n) is 2.69. The fourth-order valence-corrected chi connectivity index (χ4v) is 1.49. The molecule has 1 atom stereocenters. The highest BCUT2D eigenvalue weighted by Crippen LogP contribution is 2.09. The molecule has 0 saturated heterocycles. The number of hydrogen-bond acceptors (Lipinski definition) is 7. The minimum absolute atomic E-state index is 0.111. The first-order valence-electron chi connectivity index (χ1n) is 5.74.